The maximum atomic E-state index is 13.5. The molecule has 2 aromatic carbocycles. The lowest BCUT2D eigenvalue weighted by Crippen LogP contribution is -2.32. The average Bonchev–Trinajstić information content (AvgIpc) is 2.48. The molecule has 1 unspecified atom stereocenters. The molecule has 0 heterocycles. The summed E-state index contributed by atoms with van der Waals surface area (Å²) < 4.78 is 14.2. The summed E-state index contributed by atoms with van der Waals surface area (Å²) in [6, 6.07) is 12.6. The second-order valence-electron chi connectivity index (χ2n) is 4.35. The molecule has 0 aliphatic heterocycles. The van der Waals surface area contributed by atoms with Crippen LogP contribution in [0.4, 0.5) is 14.9 Å². The molecule has 2 aromatic rings. The molecule has 21 heavy (non-hydrogen) atoms. The number of aliphatic hydroxyl groups is 1. The summed E-state index contributed by atoms with van der Waals surface area (Å²) in [5, 5.41) is 15.0. The maximum Gasteiger partial charge on any atom is 0.319 e. The molecule has 6 heteroatoms. The maximum absolute atomic E-state index is 13.5. The van der Waals surface area contributed by atoms with Gasteiger partial charge in [0.25, 0.3) is 0 Å². The van der Waals surface area contributed by atoms with Crippen LogP contribution < -0.4 is 10.6 Å². The van der Waals surface area contributed by atoms with E-state index < -0.39 is 18.0 Å². The van der Waals surface area contributed by atoms with Crippen molar-refractivity contribution in [1.82, 2.24) is 5.32 Å². The minimum atomic E-state index is -1.10. The van der Waals surface area contributed by atoms with Crippen LogP contribution in [-0.2, 0) is 0 Å². The zero-order valence-electron chi connectivity index (χ0n) is 11.0. The van der Waals surface area contributed by atoms with Crippen molar-refractivity contribution in [3.05, 3.63) is 64.4 Å². The highest BCUT2D eigenvalue weighted by atomic mass is 79.9. The van der Waals surface area contributed by atoms with Crippen LogP contribution in [-0.4, -0.2) is 17.7 Å². The van der Waals surface area contributed by atoms with Crippen molar-refractivity contribution in [2.24, 2.45) is 0 Å². The number of carbonyl (C=O) groups excluding carboxylic acids is 1. The Kier molecular flexibility index (Phi) is 5.30. The first-order valence-corrected chi connectivity index (χ1v) is 7.09. The number of amides is 2. The second kappa shape index (κ2) is 7.19. The van der Waals surface area contributed by atoms with Crippen molar-refractivity contribution in [1.29, 1.82) is 0 Å². The molecule has 0 bridgehead atoms. The Hall–Kier alpha value is -1.92. The largest absolute Gasteiger partial charge is 0.386 e. The van der Waals surface area contributed by atoms with Gasteiger partial charge < -0.3 is 15.7 Å². The number of halogens is 2. The molecule has 2 amide bonds. The lowest BCUT2D eigenvalue weighted by molar-refractivity contribution is 0.170. The number of hydrogen-bond acceptors (Lipinski definition) is 2. The minimum absolute atomic E-state index is 0.0861. The van der Waals surface area contributed by atoms with Gasteiger partial charge in [-0.15, -0.1) is 0 Å². The summed E-state index contributed by atoms with van der Waals surface area (Å²) in [7, 11) is 0. The third-order valence-corrected chi connectivity index (χ3v) is 3.53. The fourth-order valence-corrected chi connectivity index (χ4v) is 2.16. The number of hydrogen-bond donors (Lipinski definition) is 3. The van der Waals surface area contributed by atoms with E-state index in [9.17, 15) is 14.3 Å². The summed E-state index contributed by atoms with van der Waals surface area (Å²) in [5.74, 6) is -0.502. The van der Waals surface area contributed by atoms with Gasteiger partial charge in [0.15, 0.2) is 0 Å². The van der Waals surface area contributed by atoms with Gasteiger partial charge in [-0.1, -0.05) is 30.3 Å². The van der Waals surface area contributed by atoms with Crippen molar-refractivity contribution in [3.8, 4) is 0 Å². The average molecular weight is 353 g/mol. The smallest absolute Gasteiger partial charge is 0.319 e. The third-order valence-electron chi connectivity index (χ3n) is 2.84. The fourth-order valence-electron chi connectivity index (χ4n) is 1.77. The van der Waals surface area contributed by atoms with Crippen molar-refractivity contribution in [3.63, 3.8) is 0 Å². The molecular weight excluding hydrogens is 339 g/mol. The van der Waals surface area contributed by atoms with Crippen molar-refractivity contribution in [2.45, 2.75) is 6.10 Å². The van der Waals surface area contributed by atoms with Gasteiger partial charge in [-0.2, -0.15) is 0 Å². The summed E-state index contributed by atoms with van der Waals surface area (Å²) in [6.45, 7) is -0.0861. The molecule has 0 fully saturated rings. The van der Waals surface area contributed by atoms with E-state index in [1.54, 1.807) is 30.3 Å². The zero-order valence-corrected chi connectivity index (χ0v) is 12.6. The van der Waals surface area contributed by atoms with Crippen LogP contribution in [0, 0.1) is 5.82 Å². The van der Waals surface area contributed by atoms with Crippen molar-refractivity contribution >= 4 is 27.6 Å². The van der Waals surface area contributed by atoms with Gasteiger partial charge in [0.2, 0.25) is 0 Å². The number of carbonyl (C=O) groups is 1. The number of benzene rings is 2. The highest BCUT2D eigenvalue weighted by Crippen LogP contribution is 2.21. The SMILES string of the molecule is O=C(NCC(O)c1ccccc1F)Nc1ccccc1Br. The topological polar surface area (TPSA) is 61.4 Å². The quantitative estimate of drug-likeness (QED) is 0.789. The molecule has 110 valence electrons. The third kappa shape index (κ3) is 4.27. The number of urea groups is 1. The number of nitrogens with one attached hydrogen (secondary N) is 2. The van der Waals surface area contributed by atoms with E-state index in [-0.39, 0.29) is 12.1 Å². The van der Waals surface area contributed by atoms with E-state index in [1.807, 2.05) is 6.07 Å². The molecule has 3 N–H and O–H groups in total. The highest BCUT2D eigenvalue weighted by Gasteiger charge is 2.13. The first-order valence-electron chi connectivity index (χ1n) is 6.30. The number of aliphatic hydroxyl groups excluding tert-OH is 1. The normalized spacial score (nSPS) is 11.8. The van der Waals surface area contributed by atoms with Crippen LogP contribution in [0.1, 0.15) is 11.7 Å². The molecule has 1 atom stereocenters. The van der Waals surface area contributed by atoms with E-state index in [1.165, 1.54) is 12.1 Å². The standard InChI is InChI=1S/C15H14BrFN2O2/c16-11-6-2-4-8-13(11)19-15(21)18-9-14(20)10-5-1-3-7-12(10)17/h1-8,14,20H,9H2,(H2,18,19,21). The molecule has 0 aliphatic rings. The van der Waals surface area contributed by atoms with Crippen LogP contribution in [0.3, 0.4) is 0 Å². The molecular formula is C15H14BrFN2O2. The van der Waals surface area contributed by atoms with Gasteiger partial charge in [0, 0.05) is 16.6 Å². The van der Waals surface area contributed by atoms with Crippen molar-refractivity contribution < 1.29 is 14.3 Å². The summed E-state index contributed by atoms with van der Waals surface area (Å²) in [5.41, 5.74) is 0.758. The number of para-hydroxylation sites is 1. The Morgan fingerprint density at radius 1 is 1.19 bits per heavy atom. The Bertz CT molecular complexity index is 637. The fraction of sp³-hybridized carbons (Fsp3) is 0.133. The first-order chi connectivity index (χ1) is 10.1. The van der Waals surface area contributed by atoms with E-state index in [0.717, 1.165) is 4.47 Å². The van der Waals surface area contributed by atoms with Gasteiger partial charge >= 0.3 is 6.03 Å². The van der Waals surface area contributed by atoms with Gasteiger partial charge in [0.05, 0.1) is 11.8 Å². The van der Waals surface area contributed by atoms with Crippen LogP contribution in [0.2, 0.25) is 0 Å². The van der Waals surface area contributed by atoms with E-state index >= 15 is 0 Å². The molecule has 0 saturated heterocycles. The Morgan fingerprint density at radius 3 is 2.57 bits per heavy atom. The molecule has 0 aliphatic carbocycles. The van der Waals surface area contributed by atoms with Gasteiger partial charge in [-0.25, -0.2) is 9.18 Å². The Labute approximate surface area is 130 Å². The molecule has 0 spiro atoms. The molecule has 2 rings (SSSR count). The second-order valence-corrected chi connectivity index (χ2v) is 5.21. The summed E-state index contributed by atoms with van der Waals surface area (Å²) >= 11 is 3.31. The monoisotopic (exact) mass is 352 g/mol. The van der Waals surface area contributed by atoms with Crippen LogP contribution in [0.5, 0.6) is 0 Å². The molecule has 0 radical (unpaired) electrons. The number of anilines is 1. The first kappa shape index (κ1) is 15.5. The van der Waals surface area contributed by atoms with E-state index in [2.05, 4.69) is 26.6 Å². The van der Waals surface area contributed by atoms with Crippen molar-refractivity contribution in [2.75, 3.05) is 11.9 Å². The molecule has 0 saturated carbocycles. The Balaban J connectivity index is 1.90. The molecule has 0 aromatic heterocycles. The van der Waals surface area contributed by atoms with Gasteiger partial charge in [-0.05, 0) is 34.1 Å². The summed E-state index contributed by atoms with van der Waals surface area (Å²) in [4.78, 5) is 11.7. The predicted octanol–water partition coefficient (Wildman–Crippen LogP) is 3.44. The molecule has 4 nitrogen and oxygen atoms in total. The summed E-state index contributed by atoms with van der Waals surface area (Å²) in [6.07, 6.45) is -1.10. The lowest BCUT2D eigenvalue weighted by Gasteiger charge is -2.14. The zero-order chi connectivity index (χ0) is 15.2. The van der Waals surface area contributed by atoms with Gasteiger partial charge in [-0.3, -0.25) is 0 Å². The highest BCUT2D eigenvalue weighted by molar-refractivity contribution is 9.10. The van der Waals surface area contributed by atoms with E-state index in [4.69, 9.17) is 0 Å². The van der Waals surface area contributed by atoms with Gasteiger partial charge in [0.1, 0.15) is 5.82 Å². The Morgan fingerprint density at radius 2 is 1.86 bits per heavy atom. The van der Waals surface area contributed by atoms with E-state index in [0.29, 0.717) is 5.69 Å². The van der Waals surface area contributed by atoms with Crippen LogP contribution in [0.15, 0.2) is 53.0 Å². The number of rotatable bonds is 4. The minimum Gasteiger partial charge on any atom is -0.386 e. The van der Waals surface area contributed by atoms with Crippen LogP contribution in [0.25, 0.3) is 0 Å². The lowest BCUT2D eigenvalue weighted by atomic mass is 10.1. The van der Waals surface area contributed by atoms with Crippen LogP contribution >= 0.6 is 15.9 Å². The predicted molar refractivity (Wildman–Crippen MR) is 82.5 cm³/mol.